The monoisotopic (exact) mass is 253 g/mol. The Kier molecular flexibility index (Phi) is 4.43. The van der Waals surface area contributed by atoms with Crippen molar-refractivity contribution in [3.05, 3.63) is 23.7 Å². The highest BCUT2D eigenvalue weighted by Gasteiger charge is 2.33. The van der Waals surface area contributed by atoms with Gasteiger partial charge in [0.05, 0.1) is 12.9 Å². The number of furan rings is 1. The van der Waals surface area contributed by atoms with Crippen LogP contribution in [0.25, 0.3) is 0 Å². The van der Waals surface area contributed by atoms with Gasteiger partial charge in [-0.1, -0.05) is 0 Å². The minimum Gasteiger partial charge on any atom is -0.469 e. The summed E-state index contributed by atoms with van der Waals surface area (Å²) in [5.74, 6) is 0.979. The van der Waals surface area contributed by atoms with E-state index in [1.807, 2.05) is 13.0 Å². The molecule has 0 bridgehead atoms. The van der Waals surface area contributed by atoms with Crippen LogP contribution in [0.15, 0.2) is 16.7 Å². The van der Waals surface area contributed by atoms with Gasteiger partial charge in [-0.15, -0.1) is 0 Å². The van der Waals surface area contributed by atoms with Crippen LogP contribution in [0.2, 0.25) is 0 Å². The third-order valence-corrected chi connectivity index (χ3v) is 3.90. The lowest BCUT2D eigenvalue weighted by molar-refractivity contribution is -0.0318. The van der Waals surface area contributed by atoms with Crippen molar-refractivity contribution in [2.75, 3.05) is 33.4 Å². The number of hydrogen-bond acceptors (Lipinski definition) is 4. The van der Waals surface area contributed by atoms with Crippen LogP contribution in [0.3, 0.4) is 0 Å². The Balaban J connectivity index is 1.93. The van der Waals surface area contributed by atoms with Gasteiger partial charge in [0.15, 0.2) is 0 Å². The summed E-state index contributed by atoms with van der Waals surface area (Å²) in [5.41, 5.74) is 1.22. The highest BCUT2D eigenvalue weighted by Crippen LogP contribution is 2.31. The zero-order valence-corrected chi connectivity index (χ0v) is 11.3. The van der Waals surface area contributed by atoms with Crippen molar-refractivity contribution in [2.24, 2.45) is 5.41 Å². The fraction of sp³-hybridized carbons (Fsp3) is 0.714. The smallest absolute Gasteiger partial charge is 0.105 e. The summed E-state index contributed by atoms with van der Waals surface area (Å²) in [7, 11) is 2.10. The molecule has 0 amide bonds. The van der Waals surface area contributed by atoms with Crippen LogP contribution in [0.4, 0.5) is 0 Å². The van der Waals surface area contributed by atoms with E-state index in [0.717, 1.165) is 44.9 Å². The van der Waals surface area contributed by atoms with Crippen molar-refractivity contribution in [1.29, 1.82) is 0 Å². The van der Waals surface area contributed by atoms with Crippen molar-refractivity contribution in [2.45, 2.75) is 26.3 Å². The Labute approximate surface area is 109 Å². The van der Waals surface area contributed by atoms with Gasteiger partial charge in [0.2, 0.25) is 0 Å². The first-order valence-corrected chi connectivity index (χ1v) is 6.55. The van der Waals surface area contributed by atoms with Gasteiger partial charge >= 0.3 is 0 Å². The molecule has 0 unspecified atom stereocenters. The summed E-state index contributed by atoms with van der Waals surface area (Å²) in [6.07, 6.45) is 3.62. The summed E-state index contributed by atoms with van der Waals surface area (Å²) in [6.45, 7) is 5.52. The molecule has 1 aromatic rings. The van der Waals surface area contributed by atoms with Gasteiger partial charge in [-0.25, -0.2) is 0 Å². The van der Waals surface area contributed by atoms with Gasteiger partial charge in [0.25, 0.3) is 0 Å². The van der Waals surface area contributed by atoms with Gasteiger partial charge in [0.1, 0.15) is 5.76 Å². The summed E-state index contributed by atoms with van der Waals surface area (Å²) in [6, 6.07) is 2.02. The molecule has 18 heavy (non-hydrogen) atoms. The number of aliphatic hydroxyl groups excluding tert-OH is 1. The first-order valence-electron chi connectivity index (χ1n) is 6.55. The third-order valence-electron chi connectivity index (χ3n) is 3.90. The molecule has 2 rings (SSSR count). The molecule has 1 fully saturated rings. The Bertz CT molecular complexity index is 369. The van der Waals surface area contributed by atoms with Crippen LogP contribution in [-0.4, -0.2) is 43.4 Å². The van der Waals surface area contributed by atoms with Crippen molar-refractivity contribution in [1.82, 2.24) is 4.90 Å². The van der Waals surface area contributed by atoms with E-state index in [1.54, 1.807) is 6.26 Å². The molecule has 0 aliphatic carbocycles. The minimum atomic E-state index is 0.00460. The van der Waals surface area contributed by atoms with Crippen molar-refractivity contribution < 1.29 is 14.3 Å². The topological polar surface area (TPSA) is 45.8 Å². The molecule has 4 heteroatoms. The van der Waals surface area contributed by atoms with E-state index in [0.29, 0.717) is 0 Å². The van der Waals surface area contributed by atoms with Gasteiger partial charge in [0, 0.05) is 37.3 Å². The fourth-order valence-electron chi connectivity index (χ4n) is 2.67. The Morgan fingerprint density at radius 3 is 2.67 bits per heavy atom. The van der Waals surface area contributed by atoms with Crippen molar-refractivity contribution in [3.63, 3.8) is 0 Å². The number of hydrogen-bond donors (Lipinski definition) is 1. The second-order valence-corrected chi connectivity index (χ2v) is 5.44. The number of ether oxygens (including phenoxy) is 1. The summed E-state index contributed by atoms with van der Waals surface area (Å²) in [5, 5.41) is 9.67. The molecule has 1 aromatic heterocycles. The van der Waals surface area contributed by atoms with Gasteiger partial charge in [-0.2, -0.15) is 0 Å². The molecular formula is C14H23NO3. The van der Waals surface area contributed by atoms with Crippen LogP contribution in [0.1, 0.15) is 24.2 Å². The molecule has 1 aliphatic heterocycles. The van der Waals surface area contributed by atoms with E-state index >= 15 is 0 Å². The van der Waals surface area contributed by atoms with Gasteiger partial charge in [-0.05, 0) is 32.9 Å². The molecule has 0 aromatic carbocycles. The average molecular weight is 253 g/mol. The summed E-state index contributed by atoms with van der Waals surface area (Å²) < 4.78 is 10.7. The van der Waals surface area contributed by atoms with Crippen LogP contribution in [0, 0.1) is 12.3 Å². The lowest BCUT2D eigenvalue weighted by Crippen LogP contribution is -2.42. The number of rotatable bonds is 5. The van der Waals surface area contributed by atoms with Crippen LogP contribution in [0.5, 0.6) is 0 Å². The molecule has 0 spiro atoms. The van der Waals surface area contributed by atoms with Crippen LogP contribution in [-0.2, 0) is 11.3 Å². The molecule has 0 saturated carbocycles. The molecule has 102 valence electrons. The second kappa shape index (κ2) is 5.87. The molecule has 0 atom stereocenters. The Morgan fingerprint density at radius 2 is 2.11 bits per heavy atom. The van der Waals surface area contributed by atoms with E-state index in [1.165, 1.54) is 5.56 Å². The highest BCUT2D eigenvalue weighted by atomic mass is 16.5. The van der Waals surface area contributed by atoms with Crippen LogP contribution >= 0.6 is 0 Å². The third kappa shape index (κ3) is 3.13. The van der Waals surface area contributed by atoms with Crippen LogP contribution < -0.4 is 0 Å². The fourth-order valence-corrected chi connectivity index (χ4v) is 2.67. The quantitative estimate of drug-likeness (QED) is 0.869. The van der Waals surface area contributed by atoms with E-state index in [2.05, 4.69) is 11.9 Å². The summed E-state index contributed by atoms with van der Waals surface area (Å²) >= 11 is 0. The maximum absolute atomic E-state index is 9.67. The molecule has 4 nitrogen and oxygen atoms in total. The van der Waals surface area contributed by atoms with Crippen molar-refractivity contribution in [3.8, 4) is 0 Å². The predicted octanol–water partition coefficient (Wildman–Crippen LogP) is 1.81. The second-order valence-electron chi connectivity index (χ2n) is 5.44. The lowest BCUT2D eigenvalue weighted by atomic mass is 9.80. The molecule has 1 N–H and O–H groups in total. The molecular weight excluding hydrogens is 230 g/mol. The number of aliphatic hydroxyl groups is 1. The first kappa shape index (κ1) is 13.6. The average Bonchev–Trinajstić information content (AvgIpc) is 2.76. The SMILES string of the molecule is Cc1occc1CN(C)CC1(CO)CCOCC1. The number of nitrogens with zero attached hydrogens (tertiary/aromatic N) is 1. The van der Waals surface area contributed by atoms with Crippen molar-refractivity contribution >= 4 is 0 Å². The Hall–Kier alpha value is -0.840. The maximum atomic E-state index is 9.67. The molecule has 0 radical (unpaired) electrons. The largest absolute Gasteiger partial charge is 0.469 e. The predicted molar refractivity (Wildman–Crippen MR) is 69.4 cm³/mol. The number of aryl methyl sites for hydroxylation is 1. The van der Waals surface area contributed by atoms with E-state index in [9.17, 15) is 5.11 Å². The molecule has 1 saturated heterocycles. The zero-order chi connectivity index (χ0) is 13.0. The maximum Gasteiger partial charge on any atom is 0.105 e. The molecule has 1 aliphatic rings. The summed E-state index contributed by atoms with van der Waals surface area (Å²) in [4.78, 5) is 2.26. The Morgan fingerprint density at radius 1 is 1.39 bits per heavy atom. The van der Waals surface area contributed by atoms with Gasteiger partial charge < -0.3 is 19.2 Å². The molecule has 2 heterocycles. The lowest BCUT2D eigenvalue weighted by Gasteiger charge is -2.38. The minimum absolute atomic E-state index is 0.00460. The van der Waals surface area contributed by atoms with Gasteiger partial charge in [-0.3, -0.25) is 0 Å². The first-order chi connectivity index (χ1) is 8.65. The normalized spacial score (nSPS) is 19.3. The van der Waals surface area contributed by atoms with E-state index in [-0.39, 0.29) is 12.0 Å². The standard InChI is InChI=1S/C14H23NO3/c1-12-13(3-6-18-12)9-15(2)10-14(11-16)4-7-17-8-5-14/h3,6,16H,4-5,7-11H2,1-2H3. The van der Waals surface area contributed by atoms with E-state index < -0.39 is 0 Å². The highest BCUT2D eigenvalue weighted by molar-refractivity contribution is 5.15. The zero-order valence-electron chi connectivity index (χ0n) is 11.3. The van der Waals surface area contributed by atoms with E-state index in [4.69, 9.17) is 9.15 Å².